The molecule has 1 aromatic carbocycles. The van der Waals surface area contributed by atoms with E-state index in [1.54, 1.807) is 19.9 Å². The molecule has 0 saturated carbocycles. The fraction of sp³-hybridized carbons (Fsp3) is 0.389. The first-order valence-electron chi connectivity index (χ1n) is 8.57. The number of rotatable bonds is 5. The molecule has 1 aliphatic heterocycles. The minimum Gasteiger partial charge on any atom is -0.462 e. The van der Waals surface area contributed by atoms with Crippen LogP contribution in [0.1, 0.15) is 33.4 Å². The van der Waals surface area contributed by atoms with Crippen LogP contribution in [0.4, 0.5) is 23.1 Å². The molecule has 0 aliphatic carbocycles. The average Bonchev–Trinajstić information content (AvgIpc) is 3.18. The number of aromatic nitrogens is 1. The lowest BCUT2D eigenvalue weighted by molar-refractivity contribution is -0.137. The van der Waals surface area contributed by atoms with E-state index in [-0.39, 0.29) is 19.2 Å². The van der Waals surface area contributed by atoms with Crippen molar-refractivity contribution in [3.63, 3.8) is 0 Å². The zero-order valence-electron chi connectivity index (χ0n) is 15.2. The summed E-state index contributed by atoms with van der Waals surface area (Å²) in [6, 6.07) is 4.56. The van der Waals surface area contributed by atoms with Crippen LogP contribution in [0.25, 0.3) is 0 Å². The van der Waals surface area contributed by atoms with Crippen molar-refractivity contribution in [3.05, 3.63) is 46.0 Å². The Hall–Kier alpha value is -2.62. The summed E-state index contributed by atoms with van der Waals surface area (Å²) >= 11 is 1.07. The van der Waals surface area contributed by atoms with E-state index in [1.165, 1.54) is 15.9 Å². The Morgan fingerprint density at radius 2 is 2.07 bits per heavy atom. The van der Waals surface area contributed by atoms with Gasteiger partial charge in [-0.15, -0.1) is 0 Å². The second-order valence-electron chi connectivity index (χ2n) is 6.19. The standard InChI is InChI=1S/C18H18F3N3O3S/c1-3-27-15(25)14-11(2)22-16(28-14)24-8-7-23(17(24)26)10-12-5-4-6-13(9-12)18(19,20)21/h4-6,9H,3,7-8,10H2,1-2H3. The summed E-state index contributed by atoms with van der Waals surface area (Å²) < 4.78 is 43.6. The van der Waals surface area contributed by atoms with Crippen molar-refractivity contribution in [1.82, 2.24) is 9.88 Å². The predicted octanol–water partition coefficient (Wildman–Crippen LogP) is 4.09. The predicted molar refractivity (Wildman–Crippen MR) is 97.4 cm³/mol. The number of urea groups is 1. The van der Waals surface area contributed by atoms with Gasteiger partial charge in [0.1, 0.15) is 4.88 Å². The van der Waals surface area contributed by atoms with Crippen molar-refractivity contribution < 1.29 is 27.5 Å². The maximum atomic E-state index is 12.9. The topological polar surface area (TPSA) is 62.7 Å². The zero-order chi connectivity index (χ0) is 20.5. The van der Waals surface area contributed by atoms with Gasteiger partial charge in [0.15, 0.2) is 5.13 Å². The van der Waals surface area contributed by atoms with Gasteiger partial charge >= 0.3 is 18.2 Å². The number of esters is 1. The summed E-state index contributed by atoms with van der Waals surface area (Å²) in [5.41, 5.74) is 0.123. The highest BCUT2D eigenvalue weighted by Crippen LogP contribution is 2.31. The molecule has 1 saturated heterocycles. The smallest absolute Gasteiger partial charge is 0.416 e. The van der Waals surface area contributed by atoms with Crippen molar-refractivity contribution in [2.24, 2.45) is 0 Å². The summed E-state index contributed by atoms with van der Waals surface area (Å²) in [6.45, 7) is 4.35. The van der Waals surface area contributed by atoms with Crippen molar-refractivity contribution >= 4 is 28.5 Å². The number of alkyl halides is 3. The van der Waals surface area contributed by atoms with E-state index in [0.29, 0.717) is 34.4 Å². The lowest BCUT2D eigenvalue weighted by atomic mass is 10.1. The Balaban J connectivity index is 1.74. The molecule has 2 amide bonds. The highest BCUT2D eigenvalue weighted by atomic mass is 32.1. The summed E-state index contributed by atoms with van der Waals surface area (Å²) in [7, 11) is 0. The van der Waals surface area contributed by atoms with Gasteiger partial charge in [-0.2, -0.15) is 13.2 Å². The number of hydrogen-bond donors (Lipinski definition) is 0. The fourth-order valence-corrected chi connectivity index (χ4v) is 3.84. The maximum Gasteiger partial charge on any atom is 0.416 e. The number of benzene rings is 1. The van der Waals surface area contributed by atoms with Gasteiger partial charge in [0.2, 0.25) is 0 Å². The molecule has 3 rings (SSSR count). The van der Waals surface area contributed by atoms with Gasteiger partial charge in [-0.1, -0.05) is 23.5 Å². The first-order chi connectivity index (χ1) is 13.2. The van der Waals surface area contributed by atoms with Crippen LogP contribution in [0.2, 0.25) is 0 Å². The number of hydrogen-bond acceptors (Lipinski definition) is 5. The third kappa shape index (κ3) is 4.11. The SMILES string of the molecule is CCOC(=O)c1sc(N2CCN(Cc3cccc(C(F)(F)F)c3)C2=O)nc1C. The van der Waals surface area contributed by atoms with Crippen LogP contribution in [0.15, 0.2) is 24.3 Å². The Morgan fingerprint density at radius 1 is 1.32 bits per heavy atom. The van der Waals surface area contributed by atoms with Crippen LogP contribution in [-0.2, 0) is 17.5 Å². The molecule has 6 nitrogen and oxygen atoms in total. The molecule has 2 heterocycles. The number of thiazole rings is 1. The van der Waals surface area contributed by atoms with Crippen molar-refractivity contribution in [2.45, 2.75) is 26.6 Å². The number of aryl methyl sites for hydroxylation is 1. The Labute approximate surface area is 163 Å². The molecule has 0 bridgehead atoms. The minimum atomic E-state index is -4.43. The van der Waals surface area contributed by atoms with E-state index in [2.05, 4.69) is 4.98 Å². The summed E-state index contributed by atoms with van der Waals surface area (Å²) in [5.74, 6) is -0.490. The first-order valence-corrected chi connectivity index (χ1v) is 9.39. The largest absolute Gasteiger partial charge is 0.462 e. The second kappa shape index (κ2) is 7.78. The van der Waals surface area contributed by atoms with Gasteiger partial charge in [-0.3, -0.25) is 4.90 Å². The van der Waals surface area contributed by atoms with Gasteiger partial charge in [0, 0.05) is 19.6 Å². The minimum absolute atomic E-state index is 0.0638. The Morgan fingerprint density at radius 3 is 2.75 bits per heavy atom. The number of carbonyl (C=O) groups excluding carboxylic acids is 2. The summed E-state index contributed by atoms with van der Waals surface area (Å²) in [6.07, 6.45) is -4.43. The number of halogens is 3. The third-order valence-electron chi connectivity index (χ3n) is 4.20. The normalized spacial score (nSPS) is 14.7. The van der Waals surface area contributed by atoms with E-state index in [1.807, 2.05) is 0 Å². The molecule has 0 spiro atoms. The molecular weight excluding hydrogens is 395 g/mol. The molecule has 0 unspecified atom stereocenters. The number of anilines is 1. The van der Waals surface area contributed by atoms with Crippen molar-refractivity contribution in [1.29, 1.82) is 0 Å². The monoisotopic (exact) mass is 413 g/mol. The van der Waals surface area contributed by atoms with E-state index < -0.39 is 17.7 Å². The molecule has 10 heteroatoms. The maximum absolute atomic E-state index is 12.9. The van der Waals surface area contributed by atoms with E-state index in [0.717, 1.165) is 23.5 Å². The van der Waals surface area contributed by atoms with Crippen LogP contribution < -0.4 is 4.90 Å². The Bertz CT molecular complexity index is 898. The number of ether oxygens (including phenoxy) is 1. The third-order valence-corrected chi connectivity index (χ3v) is 5.36. The fourth-order valence-electron chi connectivity index (χ4n) is 2.86. The number of carbonyl (C=O) groups is 2. The van der Waals surface area contributed by atoms with Crippen LogP contribution >= 0.6 is 11.3 Å². The van der Waals surface area contributed by atoms with E-state index >= 15 is 0 Å². The summed E-state index contributed by atoms with van der Waals surface area (Å²) in [4.78, 5) is 32.1. The van der Waals surface area contributed by atoms with E-state index in [9.17, 15) is 22.8 Å². The van der Waals surface area contributed by atoms with Crippen LogP contribution in [0.3, 0.4) is 0 Å². The molecule has 0 radical (unpaired) electrons. The van der Waals surface area contributed by atoms with Gasteiger partial charge in [-0.05, 0) is 31.5 Å². The molecule has 0 N–H and O–H groups in total. The van der Waals surface area contributed by atoms with Crippen LogP contribution in [-0.4, -0.2) is 41.6 Å². The van der Waals surface area contributed by atoms with Crippen LogP contribution in [0, 0.1) is 6.92 Å². The van der Waals surface area contributed by atoms with Gasteiger partial charge in [-0.25, -0.2) is 14.6 Å². The van der Waals surface area contributed by atoms with Crippen molar-refractivity contribution in [2.75, 3.05) is 24.6 Å². The molecule has 0 atom stereocenters. The van der Waals surface area contributed by atoms with Gasteiger partial charge < -0.3 is 9.64 Å². The highest BCUT2D eigenvalue weighted by molar-refractivity contribution is 7.17. The van der Waals surface area contributed by atoms with Gasteiger partial charge in [0.05, 0.1) is 17.9 Å². The summed E-state index contributed by atoms with van der Waals surface area (Å²) in [5, 5.41) is 0.372. The van der Waals surface area contributed by atoms with Crippen molar-refractivity contribution in [3.8, 4) is 0 Å². The molecule has 1 fully saturated rings. The van der Waals surface area contributed by atoms with Crippen LogP contribution in [0.5, 0.6) is 0 Å². The molecule has 2 aromatic rings. The quantitative estimate of drug-likeness (QED) is 0.693. The van der Waals surface area contributed by atoms with E-state index in [4.69, 9.17) is 4.74 Å². The lowest BCUT2D eigenvalue weighted by Crippen LogP contribution is -2.31. The number of amides is 2. The lowest BCUT2D eigenvalue weighted by Gasteiger charge is -2.17. The molecule has 1 aliphatic rings. The second-order valence-corrected chi connectivity index (χ2v) is 7.16. The average molecular weight is 413 g/mol. The zero-order valence-corrected chi connectivity index (χ0v) is 16.1. The molecule has 1 aromatic heterocycles. The van der Waals surface area contributed by atoms with Gasteiger partial charge in [0.25, 0.3) is 0 Å². The highest BCUT2D eigenvalue weighted by Gasteiger charge is 2.34. The first kappa shape index (κ1) is 20.1. The molecule has 150 valence electrons. The molecular formula is C18H18F3N3O3S. The Kier molecular flexibility index (Phi) is 5.59. The number of nitrogens with zero attached hydrogens (tertiary/aromatic N) is 3. The molecule has 28 heavy (non-hydrogen) atoms.